The second-order valence-electron chi connectivity index (χ2n) is 4.03. The number of nitrogens with two attached hydrogens (primary N) is 1. The maximum atomic E-state index is 13.2. The second kappa shape index (κ2) is 6.39. The molecule has 1 aromatic carbocycles. The lowest BCUT2D eigenvalue weighted by Crippen LogP contribution is -2.20. The number of anilines is 2. The third-order valence-corrected chi connectivity index (χ3v) is 2.64. The van der Waals surface area contributed by atoms with Crippen molar-refractivity contribution < 1.29 is 13.9 Å². The fourth-order valence-electron chi connectivity index (χ4n) is 1.65. The SMILES string of the molecule is CN(CCCCCO)c1cc(F)cc(F)c1N. The molecule has 0 atom stereocenters. The van der Waals surface area contributed by atoms with Crippen LogP contribution in [0.3, 0.4) is 0 Å². The van der Waals surface area contributed by atoms with Crippen molar-refractivity contribution in [1.82, 2.24) is 0 Å². The minimum absolute atomic E-state index is 0.0314. The highest BCUT2D eigenvalue weighted by atomic mass is 19.1. The van der Waals surface area contributed by atoms with E-state index in [-0.39, 0.29) is 12.3 Å². The van der Waals surface area contributed by atoms with E-state index >= 15 is 0 Å². The number of hydrogen-bond donors (Lipinski definition) is 2. The van der Waals surface area contributed by atoms with E-state index in [0.29, 0.717) is 12.2 Å². The molecule has 0 unspecified atom stereocenters. The molecule has 0 aliphatic carbocycles. The number of halogens is 2. The van der Waals surface area contributed by atoms with Crippen LogP contribution in [0, 0.1) is 11.6 Å². The summed E-state index contributed by atoms with van der Waals surface area (Å²) in [4.78, 5) is 1.72. The third kappa shape index (κ3) is 3.85. The Kier molecular flexibility index (Phi) is 5.15. The van der Waals surface area contributed by atoms with Crippen LogP contribution in [0.4, 0.5) is 20.2 Å². The van der Waals surface area contributed by atoms with Gasteiger partial charge in [0, 0.05) is 26.3 Å². The number of aliphatic hydroxyl groups is 1. The topological polar surface area (TPSA) is 49.5 Å². The van der Waals surface area contributed by atoms with Gasteiger partial charge in [0.2, 0.25) is 0 Å². The maximum absolute atomic E-state index is 13.2. The van der Waals surface area contributed by atoms with E-state index in [1.165, 1.54) is 6.07 Å². The lowest BCUT2D eigenvalue weighted by molar-refractivity contribution is 0.283. The lowest BCUT2D eigenvalue weighted by atomic mass is 10.2. The first-order valence-corrected chi connectivity index (χ1v) is 5.62. The number of rotatable bonds is 6. The Morgan fingerprint density at radius 2 is 1.94 bits per heavy atom. The summed E-state index contributed by atoms with van der Waals surface area (Å²) in [6.07, 6.45) is 2.45. The Morgan fingerprint density at radius 3 is 2.59 bits per heavy atom. The Balaban J connectivity index is 2.65. The van der Waals surface area contributed by atoms with Crippen LogP contribution in [-0.2, 0) is 0 Å². The van der Waals surface area contributed by atoms with E-state index in [1.807, 2.05) is 0 Å². The van der Waals surface area contributed by atoms with Gasteiger partial charge in [0.05, 0.1) is 11.4 Å². The van der Waals surface area contributed by atoms with Crippen LogP contribution in [0.1, 0.15) is 19.3 Å². The average molecular weight is 244 g/mol. The largest absolute Gasteiger partial charge is 0.396 e. The zero-order valence-electron chi connectivity index (χ0n) is 9.92. The van der Waals surface area contributed by atoms with Crippen molar-refractivity contribution in [2.24, 2.45) is 0 Å². The Hall–Kier alpha value is -1.36. The Morgan fingerprint density at radius 1 is 1.24 bits per heavy atom. The van der Waals surface area contributed by atoms with E-state index in [1.54, 1.807) is 11.9 Å². The first-order chi connectivity index (χ1) is 8.06. The highest BCUT2D eigenvalue weighted by molar-refractivity contribution is 5.67. The number of hydrogen-bond acceptors (Lipinski definition) is 3. The Bertz CT molecular complexity index is 372. The predicted octanol–water partition coefficient (Wildman–Crippen LogP) is 2.15. The third-order valence-electron chi connectivity index (χ3n) is 2.64. The summed E-state index contributed by atoms with van der Waals surface area (Å²) < 4.78 is 26.3. The highest BCUT2D eigenvalue weighted by Gasteiger charge is 2.11. The van der Waals surface area contributed by atoms with Gasteiger partial charge >= 0.3 is 0 Å². The fraction of sp³-hybridized carbons (Fsp3) is 0.500. The molecule has 17 heavy (non-hydrogen) atoms. The summed E-state index contributed by atoms with van der Waals surface area (Å²) in [5, 5.41) is 8.63. The van der Waals surface area contributed by atoms with Gasteiger partial charge in [0.15, 0.2) is 5.82 Å². The minimum atomic E-state index is -0.734. The van der Waals surface area contributed by atoms with E-state index in [2.05, 4.69) is 0 Å². The second-order valence-corrected chi connectivity index (χ2v) is 4.03. The Labute approximate surface area is 99.8 Å². The predicted molar refractivity (Wildman–Crippen MR) is 65.0 cm³/mol. The van der Waals surface area contributed by atoms with Crippen LogP contribution in [-0.4, -0.2) is 25.3 Å². The molecule has 5 heteroatoms. The molecule has 1 aromatic rings. The van der Waals surface area contributed by atoms with Gasteiger partial charge in [-0.25, -0.2) is 8.78 Å². The summed E-state index contributed by atoms with van der Waals surface area (Å²) in [5.41, 5.74) is 5.90. The molecule has 0 saturated carbocycles. The number of nitrogens with zero attached hydrogens (tertiary/aromatic N) is 1. The van der Waals surface area contributed by atoms with Gasteiger partial charge in [-0.3, -0.25) is 0 Å². The summed E-state index contributed by atoms with van der Waals surface area (Å²) >= 11 is 0. The van der Waals surface area contributed by atoms with E-state index in [4.69, 9.17) is 10.8 Å². The van der Waals surface area contributed by atoms with Crippen molar-refractivity contribution in [2.45, 2.75) is 19.3 Å². The van der Waals surface area contributed by atoms with Crippen LogP contribution in [0.2, 0.25) is 0 Å². The molecule has 0 heterocycles. The molecule has 0 aliphatic rings. The van der Waals surface area contributed by atoms with Crippen molar-refractivity contribution >= 4 is 11.4 Å². The monoisotopic (exact) mass is 244 g/mol. The molecular weight excluding hydrogens is 226 g/mol. The zero-order valence-corrected chi connectivity index (χ0v) is 9.92. The number of benzene rings is 1. The molecule has 96 valence electrons. The van der Waals surface area contributed by atoms with Gasteiger partial charge in [0.1, 0.15) is 5.82 Å². The van der Waals surface area contributed by atoms with Crippen LogP contribution >= 0.6 is 0 Å². The lowest BCUT2D eigenvalue weighted by Gasteiger charge is -2.21. The van der Waals surface area contributed by atoms with Gasteiger partial charge < -0.3 is 15.7 Å². The van der Waals surface area contributed by atoms with E-state index in [9.17, 15) is 8.78 Å². The summed E-state index contributed by atoms with van der Waals surface area (Å²) in [5.74, 6) is -1.36. The molecular formula is C12H18F2N2O. The van der Waals surface area contributed by atoms with Crippen LogP contribution < -0.4 is 10.6 Å². The molecule has 1 rings (SSSR count). The van der Waals surface area contributed by atoms with Gasteiger partial charge in [0.25, 0.3) is 0 Å². The maximum Gasteiger partial charge on any atom is 0.151 e. The van der Waals surface area contributed by atoms with Gasteiger partial charge in [-0.15, -0.1) is 0 Å². The molecule has 3 N–H and O–H groups in total. The first-order valence-electron chi connectivity index (χ1n) is 5.62. The van der Waals surface area contributed by atoms with Crippen molar-refractivity contribution in [2.75, 3.05) is 30.8 Å². The van der Waals surface area contributed by atoms with E-state index in [0.717, 1.165) is 25.3 Å². The summed E-state index contributed by atoms with van der Waals surface area (Å²) in [6, 6.07) is 2.00. The zero-order chi connectivity index (χ0) is 12.8. The van der Waals surface area contributed by atoms with Crippen molar-refractivity contribution in [3.63, 3.8) is 0 Å². The van der Waals surface area contributed by atoms with E-state index < -0.39 is 11.6 Å². The summed E-state index contributed by atoms with van der Waals surface area (Å²) in [6.45, 7) is 0.813. The molecule has 3 nitrogen and oxygen atoms in total. The molecule has 0 aliphatic heterocycles. The van der Waals surface area contributed by atoms with Gasteiger partial charge in [-0.2, -0.15) is 0 Å². The molecule has 0 fully saturated rings. The van der Waals surface area contributed by atoms with Gasteiger partial charge in [-0.1, -0.05) is 0 Å². The molecule has 0 aromatic heterocycles. The number of aliphatic hydroxyl groups excluding tert-OH is 1. The molecule has 0 bridgehead atoms. The van der Waals surface area contributed by atoms with Gasteiger partial charge in [-0.05, 0) is 25.3 Å². The molecule has 0 spiro atoms. The van der Waals surface area contributed by atoms with Crippen LogP contribution in [0.15, 0.2) is 12.1 Å². The van der Waals surface area contributed by atoms with Crippen molar-refractivity contribution in [1.29, 1.82) is 0 Å². The standard InChI is InChI=1S/C12H18F2N2O/c1-16(5-3-2-4-6-17)11-8-9(13)7-10(14)12(11)15/h7-8,17H,2-6,15H2,1H3. The fourth-order valence-corrected chi connectivity index (χ4v) is 1.65. The number of nitrogen functional groups attached to an aromatic ring is 1. The van der Waals surface area contributed by atoms with Crippen molar-refractivity contribution in [3.8, 4) is 0 Å². The number of unbranched alkanes of at least 4 members (excludes halogenated alkanes) is 2. The molecule has 0 amide bonds. The molecule has 0 radical (unpaired) electrons. The first kappa shape index (κ1) is 13.7. The van der Waals surface area contributed by atoms with Crippen LogP contribution in [0.5, 0.6) is 0 Å². The summed E-state index contributed by atoms with van der Waals surface area (Å²) in [7, 11) is 1.74. The molecule has 0 saturated heterocycles. The van der Waals surface area contributed by atoms with Crippen molar-refractivity contribution in [3.05, 3.63) is 23.8 Å². The quantitative estimate of drug-likeness (QED) is 0.595. The normalized spacial score (nSPS) is 10.6. The van der Waals surface area contributed by atoms with Crippen LogP contribution in [0.25, 0.3) is 0 Å². The highest BCUT2D eigenvalue weighted by Crippen LogP contribution is 2.26. The average Bonchev–Trinajstić information content (AvgIpc) is 2.29. The minimum Gasteiger partial charge on any atom is -0.396 e. The smallest absolute Gasteiger partial charge is 0.151 e.